The molecular weight excluding hydrogens is 384 g/mol. The van der Waals surface area contributed by atoms with Crippen molar-refractivity contribution in [2.45, 2.75) is 13.5 Å². The molecule has 4 aromatic rings. The van der Waals surface area contributed by atoms with E-state index in [9.17, 15) is 9.59 Å². The van der Waals surface area contributed by atoms with Gasteiger partial charge in [-0.15, -0.1) is 11.3 Å². The molecule has 5 nitrogen and oxygen atoms in total. The molecule has 0 saturated heterocycles. The van der Waals surface area contributed by atoms with E-state index in [2.05, 4.69) is 4.98 Å². The van der Waals surface area contributed by atoms with Gasteiger partial charge in [0.2, 0.25) is 0 Å². The number of fused-ring (bicyclic) bond motifs is 1. The Kier molecular flexibility index (Phi) is 5.35. The Morgan fingerprint density at radius 1 is 1.10 bits per heavy atom. The summed E-state index contributed by atoms with van der Waals surface area (Å²) in [5.74, 6) is -0.481. The second-order valence-electron chi connectivity index (χ2n) is 6.46. The number of nitrogens with zero attached hydrogens (tertiary/aromatic N) is 2. The lowest BCUT2D eigenvalue weighted by Gasteiger charge is -2.06. The number of carbonyl (C=O) groups excluding carboxylic acids is 1. The van der Waals surface area contributed by atoms with Crippen LogP contribution in [-0.2, 0) is 16.1 Å². The van der Waals surface area contributed by atoms with E-state index in [1.54, 1.807) is 23.5 Å². The number of aryl methyl sites for hydroxylation is 1. The highest BCUT2D eigenvalue weighted by Crippen LogP contribution is 2.28. The average Bonchev–Trinajstić information content (AvgIpc) is 3.20. The third-order valence-electron chi connectivity index (χ3n) is 4.36. The quantitative estimate of drug-likeness (QED) is 0.365. The van der Waals surface area contributed by atoms with Gasteiger partial charge in [-0.3, -0.25) is 9.20 Å². The summed E-state index contributed by atoms with van der Waals surface area (Å²) in [5.41, 5.74) is 2.71. The molecule has 0 spiro atoms. The van der Waals surface area contributed by atoms with Crippen LogP contribution in [0, 0.1) is 6.92 Å². The predicted molar refractivity (Wildman–Crippen MR) is 115 cm³/mol. The van der Waals surface area contributed by atoms with Crippen molar-refractivity contribution in [1.82, 2.24) is 9.38 Å². The molecule has 1 aromatic carbocycles. The van der Waals surface area contributed by atoms with Gasteiger partial charge in [-0.1, -0.05) is 36.4 Å². The van der Waals surface area contributed by atoms with E-state index in [1.165, 1.54) is 16.5 Å². The fourth-order valence-corrected chi connectivity index (χ4v) is 3.90. The summed E-state index contributed by atoms with van der Waals surface area (Å²) in [4.78, 5) is 30.8. The molecule has 0 N–H and O–H groups in total. The van der Waals surface area contributed by atoms with Gasteiger partial charge in [0, 0.05) is 27.6 Å². The number of hydrogen-bond acceptors (Lipinski definition) is 5. The first-order chi connectivity index (χ1) is 14.1. The fraction of sp³-hybridized carbons (Fsp3) is 0.0870. The van der Waals surface area contributed by atoms with Crippen LogP contribution in [0.15, 0.2) is 77.6 Å². The summed E-state index contributed by atoms with van der Waals surface area (Å²) < 4.78 is 6.76. The van der Waals surface area contributed by atoms with Crippen molar-refractivity contribution in [2.75, 3.05) is 0 Å². The van der Waals surface area contributed by atoms with Crippen LogP contribution in [0.3, 0.4) is 0 Å². The minimum Gasteiger partial charge on any atom is -0.456 e. The first kappa shape index (κ1) is 18.8. The average molecular weight is 402 g/mol. The molecule has 0 unspecified atom stereocenters. The van der Waals surface area contributed by atoms with E-state index >= 15 is 0 Å². The van der Waals surface area contributed by atoms with Crippen LogP contribution in [0.2, 0.25) is 0 Å². The molecule has 6 heteroatoms. The number of benzene rings is 1. The van der Waals surface area contributed by atoms with Crippen molar-refractivity contribution in [2.24, 2.45) is 0 Å². The Morgan fingerprint density at radius 2 is 1.93 bits per heavy atom. The van der Waals surface area contributed by atoms with E-state index in [0.717, 1.165) is 21.0 Å². The van der Waals surface area contributed by atoms with Gasteiger partial charge in [0.15, 0.2) is 0 Å². The zero-order valence-corrected chi connectivity index (χ0v) is 16.6. The van der Waals surface area contributed by atoms with Crippen molar-refractivity contribution in [3.63, 3.8) is 0 Å². The van der Waals surface area contributed by atoms with E-state index in [0.29, 0.717) is 11.3 Å². The third kappa shape index (κ3) is 4.33. The van der Waals surface area contributed by atoms with Crippen molar-refractivity contribution in [1.29, 1.82) is 0 Å². The highest BCUT2D eigenvalue weighted by molar-refractivity contribution is 7.16. The van der Waals surface area contributed by atoms with E-state index < -0.39 is 5.97 Å². The molecule has 0 amide bonds. The summed E-state index contributed by atoms with van der Waals surface area (Å²) in [6.45, 7) is 1.79. The normalized spacial score (nSPS) is 11.2. The molecule has 0 saturated carbocycles. The maximum Gasteiger partial charge on any atom is 0.331 e. The van der Waals surface area contributed by atoms with Gasteiger partial charge in [0.25, 0.3) is 5.56 Å². The van der Waals surface area contributed by atoms with Gasteiger partial charge in [0.05, 0.1) is 5.69 Å². The van der Waals surface area contributed by atoms with Gasteiger partial charge in [-0.2, -0.15) is 0 Å². The SMILES string of the molecule is Cc1cccc2nc(COC(=O)/C=C/c3ccc(-c4ccccc4)s3)cc(=O)n12. The monoisotopic (exact) mass is 402 g/mol. The zero-order chi connectivity index (χ0) is 20.2. The van der Waals surface area contributed by atoms with Crippen LogP contribution in [0.1, 0.15) is 16.3 Å². The molecule has 0 aliphatic heterocycles. The number of thiophene rings is 1. The van der Waals surface area contributed by atoms with Crippen molar-refractivity contribution in [3.05, 3.63) is 99.4 Å². The molecule has 144 valence electrons. The zero-order valence-electron chi connectivity index (χ0n) is 15.7. The smallest absolute Gasteiger partial charge is 0.331 e. The number of aromatic nitrogens is 2. The Labute approximate surface area is 171 Å². The first-order valence-corrected chi connectivity index (χ1v) is 9.90. The lowest BCUT2D eigenvalue weighted by atomic mass is 10.2. The maximum atomic E-state index is 12.3. The van der Waals surface area contributed by atoms with Crippen LogP contribution in [-0.4, -0.2) is 15.4 Å². The van der Waals surface area contributed by atoms with Crippen molar-refractivity contribution < 1.29 is 9.53 Å². The number of pyridine rings is 1. The van der Waals surface area contributed by atoms with Crippen LogP contribution >= 0.6 is 11.3 Å². The first-order valence-electron chi connectivity index (χ1n) is 9.08. The summed E-state index contributed by atoms with van der Waals surface area (Å²) in [6.07, 6.45) is 3.12. The van der Waals surface area contributed by atoms with Crippen LogP contribution in [0.25, 0.3) is 22.2 Å². The molecule has 0 fully saturated rings. The molecular formula is C23H18N2O3S. The van der Waals surface area contributed by atoms with Gasteiger partial charge in [-0.25, -0.2) is 9.78 Å². The molecule has 0 bridgehead atoms. The van der Waals surface area contributed by atoms with Gasteiger partial charge in [-0.05, 0) is 42.8 Å². The molecule has 3 aromatic heterocycles. The van der Waals surface area contributed by atoms with E-state index in [4.69, 9.17) is 4.74 Å². The largest absolute Gasteiger partial charge is 0.456 e. The fourth-order valence-electron chi connectivity index (χ4n) is 2.98. The van der Waals surface area contributed by atoms with E-state index in [1.807, 2.05) is 61.5 Å². The molecule has 0 atom stereocenters. The van der Waals surface area contributed by atoms with E-state index in [-0.39, 0.29) is 12.2 Å². The number of hydrogen-bond donors (Lipinski definition) is 0. The third-order valence-corrected chi connectivity index (χ3v) is 5.46. The highest BCUT2D eigenvalue weighted by atomic mass is 32.1. The van der Waals surface area contributed by atoms with Gasteiger partial charge >= 0.3 is 5.97 Å². The second kappa shape index (κ2) is 8.24. The number of carbonyl (C=O) groups is 1. The lowest BCUT2D eigenvalue weighted by molar-refractivity contribution is -0.139. The minimum absolute atomic E-state index is 0.0530. The van der Waals surface area contributed by atoms with Gasteiger partial charge in [0.1, 0.15) is 12.3 Å². The maximum absolute atomic E-state index is 12.3. The number of rotatable bonds is 5. The topological polar surface area (TPSA) is 60.7 Å². The molecule has 29 heavy (non-hydrogen) atoms. The van der Waals surface area contributed by atoms with Crippen molar-refractivity contribution in [3.8, 4) is 10.4 Å². The lowest BCUT2D eigenvalue weighted by Crippen LogP contribution is -2.18. The number of esters is 1. The minimum atomic E-state index is -0.481. The Bertz CT molecular complexity index is 1260. The van der Waals surface area contributed by atoms with Crippen LogP contribution < -0.4 is 5.56 Å². The summed E-state index contributed by atoms with van der Waals surface area (Å²) in [5, 5.41) is 0. The Morgan fingerprint density at radius 3 is 2.76 bits per heavy atom. The summed E-state index contributed by atoms with van der Waals surface area (Å²) >= 11 is 1.60. The molecule has 0 aliphatic carbocycles. The highest BCUT2D eigenvalue weighted by Gasteiger charge is 2.06. The summed E-state index contributed by atoms with van der Waals surface area (Å²) in [7, 11) is 0. The standard InChI is InChI=1S/C23H18N2O3S/c1-16-6-5-9-21-24-18(14-22(26)25(16)21)15-28-23(27)13-11-19-10-12-20(29-19)17-7-3-2-4-8-17/h2-14H,15H2,1H3/b13-11+. The Hall–Kier alpha value is -3.51. The van der Waals surface area contributed by atoms with Crippen molar-refractivity contribution >= 4 is 29.0 Å². The molecule has 3 heterocycles. The predicted octanol–water partition coefficient (Wildman–Crippen LogP) is 4.49. The van der Waals surface area contributed by atoms with Gasteiger partial charge < -0.3 is 4.74 Å². The number of ether oxygens (including phenoxy) is 1. The summed E-state index contributed by atoms with van der Waals surface area (Å²) in [6, 6.07) is 20.9. The molecule has 0 radical (unpaired) electrons. The molecule has 0 aliphatic rings. The molecule has 4 rings (SSSR count). The van der Waals surface area contributed by atoms with Crippen LogP contribution in [0.4, 0.5) is 0 Å². The van der Waals surface area contributed by atoms with Crippen LogP contribution in [0.5, 0.6) is 0 Å². The second-order valence-corrected chi connectivity index (χ2v) is 7.57. The Balaban J connectivity index is 1.41.